The van der Waals surface area contributed by atoms with Crippen LogP contribution < -0.4 is 5.73 Å². The molecule has 1 unspecified atom stereocenters. The van der Waals surface area contributed by atoms with Gasteiger partial charge in [-0.1, -0.05) is 11.6 Å². The quantitative estimate of drug-likeness (QED) is 0.509. The number of carbonyl (C=O) groups is 1. The van der Waals surface area contributed by atoms with Gasteiger partial charge in [0.2, 0.25) is 0 Å². The highest BCUT2D eigenvalue weighted by Gasteiger charge is 2.27. The normalized spacial score (nSPS) is 18.9. The summed E-state index contributed by atoms with van der Waals surface area (Å²) in [5, 5.41) is 10.9. The zero-order chi connectivity index (χ0) is 14.9. The zero-order valence-electron chi connectivity index (χ0n) is 10.8. The van der Waals surface area contributed by atoms with Gasteiger partial charge in [-0.2, -0.15) is 0 Å². The lowest BCUT2D eigenvalue weighted by atomic mass is 10.1. The zero-order valence-corrected chi connectivity index (χ0v) is 11.6. The number of benzene rings is 1. The van der Waals surface area contributed by atoms with Crippen molar-refractivity contribution in [3.63, 3.8) is 0 Å². The molecule has 1 aromatic rings. The molecule has 0 aromatic heterocycles. The van der Waals surface area contributed by atoms with E-state index in [1.54, 1.807) is 4.90 Å². The molecule has 7 nitrogen and oxygen atoms in total. The maximum atomic E-state index is 12.4. The van der Waals surface area contributed by atoms with Crippen molar-refractivity contribution in [1.29, 1.82) is 0 Å². The molecule has 0 bridgehead atoms. The Balaban J connectivity index is 2.37. The second kappa shape index (κ2) is 5.64. The summed E-state index contributed by atoms with van der Waals surface area (Å²) in [5.41, 5.74) is 5.20. The van der Waals surface area contributed by atoms with E-state index >= 15 is 0 Å². The third kappa shape index (κ3) is 2.68. The van der Waals surface area contributed by atoms with Crippen LogP contribution in [-0.2, 0) is 4.74 Å². The molecule has 1 fully saturated rings. The summed E-state index contributed by atoms with van der Waals surface area (Å²) in [5.74, 6) is -0.314. The highest BCUT2D eigenvalue weighted by atomic mass is 35.5. The van der Waals surface area contributed by atoms with Crippen molar-refractivity contribution in [2.75, 3.05) is 25.5 Å². The number of nitro groups is 1. The minimum Gasteiger partial charge on any atom is -0.392 e. The standard InChI is InChI=1S/C12H14ClN3O4/c1-7-6-20-3-2-15(7)12(17)8-4-9(13)11(14)10(5-8)16(18)19/h4-5,7H,2-3,6,14H2,1H3. The van der Waals surface area contributed by atoms with E-state index in [-0.39, 0.29) is 33.9 Å². The number of nitro benzene ring substituents is 1. The van der Waals surface area contributed by atoms with Crippen molar-refractivity contribution in [3.05, 3.63) is 32.8 Å². The Morgan fingerprint density at radius 2 is 2.30 bits per heavy atom. The van der Waals surface area contributed by atoms with Gasteiger partial charge < -0.3 is 15.4 Å². The predicted molar refractivity (Wildman–Crippen MR) is 73.8 cm³/mol. The average molecular weight is 300 g/mol. The molecule has 1 amide bonds. The number of halogens is 1. The number of nitrogen functional groups attached to an aromatic ring is 1. The van der Waals surface area contributed by atoms with Gasteiger partial charge >= 0.3 is 0 Å². The Morgan fingerprint density at radius 1 is 1.60 bits per heavy atom. The van der Waals surface area contributed by atoms with Gasteiger partial charge in [0.15, 0.2) is 0 Å². The molecule has 0 aliphatic carbocycles. The number of nitrogens with two attached hydrogens (primary N) is 1. The second-order valence-corrected chi connectivity index (χ2v) is 4.98. The SMILES string of the molecule is CC1COCCN1C(=O)c1cc(Cl)c(N)c([N+](=O)[O-])c1. The molecule has 0 spiro atoms. The maximum absolute atomic E-state index is 12.4. The van der Waals surface area contributed by atoms with Crippen LogP contribution in [0.1, 0.15) is 17.3 Å². The third-order valence-electron chi connectivity index (χ3n) is 3.18. The van der Waals surface area contributed by atoms with Crippen LogP contribution in [0.4, 0.5) is 11.4 Å². The van der Waals surface area contributed by atoms with E-state index in [1.165, 1.54) is 6.07 Å². The fourth-order valence-electron chi connectivity index (χ4n) is 2.07. The third-order valence-corrected chi connectivity index (χ3v) is 3.49. The summed E-state index contributed by atoms with van der Waals surface area (Å²) in [7, 11) is 0. The second-order valence-electron chi connectivity index (χ2n) is 4.57. The molecule has 1 aliphatic heterocycles. The Kier molecular flexibility index (Phi) is 4.10. The van der Waals surface area contributed by atoms with Gasteiger partial charge in [0.25, 0.3) is 11.6 Å². The van der Waals surface area contributed by atoms with Crippen molar-refractivity contribution in [3.8, 4) is 0 Å². The fraction of sp³-hybridized carbons (Fsp3) is 0.417. The molecule has 1 aromatic carbocycles. The van der Waals surface area contributed by atoms with E-state index < -0.39 is 4.92 Å². The summed E-state index contributed by atoms with van der Waals surface area (Å²) < 4.78 is 5.25. The topological polar surface area (TPSA) is 98.7 Å². The molecule has 2 rings (SSSR count). The molecule has 8 heteroatoms. The van der Waals surface area contributed by atoms with Crippen molar-refractivity contribution in [2.45, 2.75) is 13.0 Å². The van der Waals surface area contributed by atoms with Crippen LogP contribution in [0.2, 0.25) is 5.02 Å². The monoisotopic (exact) mass is 299 g/mol. The van der Waals surface area contributed by atoms with Gasteiger partial charge in [0.05, 0.1) is 29.2 Å². The Bertz CT molecular complexity index is 564. The van der Waals surface area contributed by atoms with Crippen molar-refractivity contribution >= 4 is 28.9 Å². The van der Waals surface area contributed by atoms with Gasteiger partial charge in [-0.15, -0.1) is 0 Å². The summed E-state index contributed by atoms with van der Waals surface area (Å²) in [6.45, 7) is 3.18. The van der Waals surface area contributed by atoms with Crippen LogP contribution in [0.15, 0.2) is 12.1 Å². The molecular formula is C12H14ClN3O4. The summed E-state index contributed by atoms with van der Waals surface area (Å²) in [4.78, 5) is 24.3. The number of nitrogens with zero attached hydrogens (tertiary/aromatic N) is 2. The molecule has 2 N–H and O–H groups in total. The van der Waals surface area contributed by atoms with Crippen LogP contribution in [0.3, 0.4) is 0 Å². The summed E-state index contributed by atoms with van der Waals surface area (Å²) in [6, 6.07) is 2.42. The van der Waals surface area contributed by atoms with Crippen molar-refractivity contribution < 1.29 is 14.5 Å². The smallest absolute Gasteiger partial charge is 0.294 e. The number of morpholine rings is 1. The van der Waals surface area contributed by atoms with E-state index in [0.717, 1.165) is 6.07 Å². The van der Waals surface area contributed by atoms with Crippen molar-refractivity contribution in [1.82, 2.24) is 4.90 Å². The lowest BCUT2D eigenvalue weighted by Gasteiger charge is -2.33. The van der Waals surface area contributed by atoms with Gasteiger partial charge in [0, 0.05) is 18.2 Å². The molecular weight excluding hydrogens is 286 g/mol. The molecule has 20 heavy (non-hydrogen) atoms. The minimum atomic E-state index is -0.652. The van der Waals surface area contributed by atoms with E-state index in [4.69, 9.17) is 22.1 Å². The minimum absolute atomic E-state index is 0.00321. The van der Waals surface area contributed by atoms with E-state index in [9.17, 15) is 14.9 Å². The van der Waals surface area contributed by atoms with E-state index in [2.05, 4.69) is 0 Å². The fourth-order valence-corrected chi connectivity index (χ4v) is 2.29. The molecule has 1 aliphatic rings. The van der Waals surface area contributed by atoms with Gasteiger partial charge in [-0.05, 0) is 13.0 Å². The maximum Gasteiger partial charge on any atom is 0.294 e. The molecule has 0 saturated carbocycles. The van der Waals surface area contributed by atoms with E-state index in [1.807, 2.05) is 6.92 Å². The highest BCUT2D eigenvalue weighted by Crippen LogP contribution is 2.31. The van der Waals surface area contributed by atoms with Gasteiger partial charge in [0.1, 0.15) is 5.69 Å². The molecule has 1 saturated heterocycles. The first-order chi connectivity index (χ1) is 9.41. The van der Waals surface area contributed by atoms with Crippen LogP contribution in [0.25, 0.3) is 0 Å². The predicted octanol–water partition coefficient (Wildman–Crippen LogP) is 1.69. The van der Waals surface area contributed by atoms with Crippen LogP contribution in [-0.4, -0.2) is 41.5 Å². The number of anilines is 1. The largest absolute Gasteiger partial charge is 0.392 e. The Morgan fingerprint density at radius 3 is 2.90 bits per heavy atom. The lowest BCUT2D eigenvalue weighted by Crippen LogP contribution is -2.47. The summed E-state index contributed by atoms with van der Waals surface area (Å²) >= 11 is 5.86. The Labute approximate surface area is 120 Å². The average Bonchev–Trinajstić information content (AvgIpc) is 2.41. The van der Waals surface area contributed by atoms with E-state index in [0.29, 0.717) is 19.8 Å². The lowest BCUT2D eigenvalue weighted by molar-refractivity contribution is -0.383. The van der Waals surface area contributed by atoms with Crippen LogP contribution in [0.5, 0.6) is 0 Å². The molecule has 108 valence electrons. The first-order valence-electron chi connectivity index (χ1n) is 6.04. The first-order valence-corrected chi connectivity index (χ1v) is 6.41. The number of hydrogen-bond donors (Lipinski definition) is 1. The van der Waals surface area contributed by atoms with Crippen LogP contribution in [0, 0.1) is 10.1 Å². The van der Waals surface area contributed by atoms with Gasteiger partial charge in [-0.25, -0.2) is 0 Å². The molecule has 0 radical (unpaired) electrons. The Hall–Kier alpha value is -1.86. The number of carbonyl (C=O) groups excluding carboxylic acids is 1. The van der Waals surface area contributed by atoms with Crippen LogP contribution >= 0.6 is 11.6 Å². The van der Waals surface area contributed by atoms with Crippen molar-refractivity contribution in [2.24, 2.45) is 0 Å². The first kappa shape index (κ1) is 14.5. The highest BCUT2D eigenvalue weighted by molar-refractivity contribution is 6.34. The number of rotatable bonds is 2. The number of amides is 1. The summed E-state index contributed by atoms with van der Waals surface area (Å²) in [6.07, 6.45) is 0. The number of hydrogen-bond acceptors (Lipinski definition) is 5. The molecule has 1 atom stereocenters. The van der Waals surface area contributed by atoms with Gasteiger partial charge in [-0.3, -0.25) is 14.9 Å². The number of ether oxygens (including phenoxy) is 1. The molecule has 1 heterocycles.